The monoisotopic (exact) mass is 426 g/mol. The van der Waals surface area contributed by atoms with Crippen molar-refractivity contribution in [3.8, 4) is 11.5 Å². The molecule has 0 heterocycles. The molecule has 0 saturated carbocycles. The first kappa shape index (κ1) is 24.1. The van der Waals surface area contributed by atoms with E-state index in [9.17, 15) is 4.79 Å². The lowest BCUT2D eigenvalue weighted by Crippen LogP contribution is -2.38. The highest BCUT2D eigenvalue weighted by Gasteiger charge is 2.13. The number of carbonyl (C=O) groups is 1. The second-order valence-electron chi connectivity index (χ2n) is 7.26. The fraction of sp³-hybridized carbons (Fsp3) is 0.417. The van der Waals surface area contributed by atoms with E-state index in [-0.39, 0.29) is 11.9 Å². The van der Waals surface area contributed by atoms with Crippen molar-refractivity contribution in [3.63, 3.8) is 0 Å². The van der Waals surface area contributed by atoms with Crippen LogP contribution in [-0.2, 0) is 6.54 Å². The van der Waals surface area contributed by atoms with E-state index in [1.165, 1.54) is 0 Å². The average molecular weight is 427 g/mol. The van der Waals surface area contributed by atoms with Crippen LogP contribution >= 0.6 is 0 Å². The summed E-state index contributed by atoms with van der Waals surface area (Å²) in [5.41, 5.74) is 2.80. The van der Waals surface area contributed by atoms with Crippen LogP contribution in [0.5, 0.6) is 11.5 Å². The number of nitrogens with zero attached hydrogens (tertiary/aromatic N) is 2. The van der Waals surface area contributed by atoms with Gasteiger partial charge < -0.3 is 25.0 Å². The summed E-state index contributed by atoms with van der Waals surface area (Å²) in [5.74, 6) is 2.17. The number of ether oxygens (including phenoxy) is 2. The highest BCUT2D eigenvalue weighted by molar-refractivity contribution is 5.93. The summed E-state index contributed by atoms with van der Waals surface area (Å²) in [6, 6.07) is 13.6. The van der Waals surface area contributed by atoms with E-state index >= 15 is 0 Å². The Morgan fingerprint density at radius 3 is 2.26 bits per heavy atom. The molecule has 0 spiro atoms. The first-order valence-corrected chi connectivity index (χ1v) is 10.6. The highest BCUT2D eigenvalue weighted by Crippen LogP contribution is 2.30. The number of amides is 1. The van der Waals surface area contributed by atoms with Gasteiger partial charge in [-0.3, -0.25) is 9.79 Å². The van der Waals surface area contributed by atoms with Crippen LogP contribution in [0.25, 0.3) is 0 Å². The minimum Gasteiger partial charge on any atom is -0.490 e. The maximum Gasteiger partial charge on any atom is 0.253 e. The summed E-state index contributed by atoms with van der Waals surface area (Å²) < 4.78 is 11.4. The van der Waals surface area contributed by atoms with Gasteiger partial charge in [-0.15, -0.1) is 0 Å². The molecule has 0 aromatic heterocycles. The molecule has 7 heteroatoms. The van der Waals surface area contributed by atoms with Crippen LogP contribution in [0.2, 0.25) is 0 Å². The van der Waals surface area contributed by atoms with Crippen molar-refractivity contribution < 1.29 is 14.3 Å². The summed E-state index contributed by atoms with van der Waals surface area (Å²) in [5, 5.41) is 6.72. The molecule has 0 bridgehead atoms. The Kier molecular flexibility index (Phi) is 9.18. The van der Waals surface area contributed by atoms with Gasteiger partial charge in [0.25, 0.3) is 5.91 Å². The zero-order chi connectivity index (χ0) is 22.8. The Morgan fingerprint density at radius 2 is 1.68 bits per heavy atom. The van der Waals surface area contributed by atoms with Crippen molar-refractivity contribution in [2.24, 2.45) is 4.99 Å². The zero-order valence-electron chi connectivity index (χ0n) is 19.4. The van der Waals surface area contributed by atoms with Crippen molar-refractivity contribution in [2.45, 2.75) is 33.4 Å². The molecule has 2 aromatic rings. The molecule has 0 aliphatic heterocycles. The Hall–Kier alpha value is -3.22. The molecule has 1 atom stereocenters. The van der Waals surface area contributed by atoms with Gasteiger partial charge >= 0.3 is 0 Å². The van der Waals surface area contributed by atoms with Crippen molar-refractivity contribution in [3.05, 3.63) is 59.2 Å². The van der Waals surface area contributed by atoms with E-state index in [1.807, 2.05) is 56.3 Å². The number of nitrogens with one attached hydrogen (secondary N) is 2. The summed E-state index contributed by atoms with van der Waals surface area (Å²) >= 11 is 0. The van der Waals surface area contributed by atoms with Gasteiger partial charge in [0.15, 0.2) is 17.5 Å². The number of rotatable bonds is 9. The molecule has 0 saturated heterocycles. The van der Waals surface area contributed by atoms with Crippen LogP contribution in [-0.4, -0.2) is 51.1 Å². The SMILES string of the molecule is CCOc1ccc(C(C)NC(=NC)NCc2ccc(C(=O)N(C)C)cc2)cc1OCC. The summed E-state index contributed by atoms with van der Waals surface area (Å²) in [6.45, 7) is 7.74. The molecular formula is C24H34N4O3. The number of hydrogen-bond acceptors (Lipinski definition) is 4. The van der Waals surface area contributed by atoms with E-state index in [1.54, 1.807) is 26.0 Å². The maximum atomic E-state index is 12.0. The minimum absolute atomic E-state index is 0.00686. The van der Waals surface area contributed by atoms with Gasteiger partial charge in [0, 0.05) is 33.3 Å². The van der Waals surface area contributed by atoms with Crippen molar-refractivity contribution in [1.29, 1.82) is 0 Å². The zero-order valence-corrected chi connectivity index (χ0v) is 19.4. The van der Waals surface area contributed by atoms with Crippen LogP contribution in [0.4, 0.5) is 0 Å². The standard InChI is InChI=1S/C24H34N4O3/c1-7-30-21-14-13-20(15-22(21)31-8-2)17(3)27-24(25-4)26-16-18-9-11-19(12-10-18)23(29)28(5)6/h9-15,17H,7-8,16H2,1-6H3,(H2,25,26,27). The van der Waals surface area contributed by atoms with Gasteiger partial charge in [0.05, 0.1) is 19.3 Å². The van der Waals surface area contributed by atoms with Crippen LogP contribution in [0.15, 0.2) is 47.5 Å². The van der Waals surface area contributed by atoms with Gasteiger partial charge in [-0.2, -0.15) is 0 Å². The van der Waals surface area contributed by atoms with Crippen LogP contribution < -0.4 is 20.1 Å². The van der Waals surface area contributed by atoms with E-state index < -0.39 is 0 Å². The normalized spacial score (nSPS) is 12.1. The molecule has 0 radical (unpaired) electrons. The second kappa shape index (κ2) is 11.8. The predicted molar refractivity (Wildman–Crippen MR) is 125 cm³/mol. The number of carbonyl (C=O) groups excluding carboxylic acids is 1. The molecule has 0 aliphatic carbocycles. The molecule has 31 heavy (non-hydrogen) atoms. The smallest absolute Gasteiger partial charge is 0.253 e. The first-order chi connectivity index (χ1) is 14.9. The van der Waals surface area contributed by atoms with Crippen molar-refractivity contribution in [1.82, 2.24) is 15.5 Å². The Morgan fingerprint density at radius 1 is 1.03 bits per heavy atom. The number of benzene rings is 2. The minimum atomic E-state index is -0.00686. The van der Waals surface area contributed by atoms with Gasteiger partial charge in [-0.1, -0.05) is 18.2 Å². The molecule has 2 N–H and O–H groups in total. The Balaban J connectivity index is 1.99. The maximum absolute atomic E-state index is 12.0. The molecular weight excluding hydrogens is 392 g/mol. The topological polar surface area (TPSA) is 75.2 Å². The van der Waals surface area contributed by atoms with Gasteiger partial charge in [0.2, 0.25) is 0 Å². The molecule has 1 amide bonds. The van der Waals surface area contributed by atoms with Gasteiger partial charge in [-0.05, 0) is 56.2 Å². The first-order valence-electron chi connectivity index (χ1n) is 10.6. The van der Waals surface area contributed by atoms with E-state index in [0.717, 1.165) is 22.6 Å². The third-order valence-corrected chi connectivity index (χ3v) is 4.71. The lowest BCUT2D eigenvalue weighted by molar-refractivity contribution is 0.0827. The Bertz CT molecular complexity index is 879. The third-order valence-electron chi connectivity index (χ3n) is 4.71. The average Bonchev–Trinajstić information content (AvgIpc) is 2.77. The largest absolute Gasteiger partial charge is 0.490 e. The fourth-order valence-electron chi connectivity index (χ4n) is 3.03. The molecule has 1 unspecified atom stereocenters. The van der Waals surface area contributed by atoms with E-state index in [4.69, 9.17) is 9.47 Å². The number of aliphatic imine (C=N–C) groups is 1. The molecule has 2 rings (SSSR count). The summed E-state index contributed by atoms with van der Waals surface area (Å²) in [7, 11) is 5.23. The quantitative estimate of drug-likeness (QED) is 0.473. The van der Waals surface area contributed by atoms with Crippen LogP contribution in [0.1, 0.15) is 48.3 Å². The van der Waals surface area contributed by atoms with Crippen LogP contribution in [0.3, 0.4) is 0 Å². The molecule has 168 valence electrons. The number of hydrogen-bond donors (Lipinski definition) is 2. The third kappa shape index (κ3) is 6.91. The van der Waals surface area contributed by atoms with Gasteiger partial charge in [0.1, 0.15) is 0 Å². The van der Waals surface area contributed by atoms with Crippen LogP contribution in [0, 0.1) is 0 Å². The summed E-state index contributed by atoms with van der Waals surface area (Å²) in [6.07, 6.45) is 0. The Labute approximate surface area is 185 Å². The second-order valence-corrected chi connectivity index (χ2v) is 7.26. The fourth-order valence-corrected chi connectivity index (χ4v) is 3.03. The van der Waals surface area contributed by atoms with Crippen molar-refractivity contribution in [2.75, 3.05) is 34.4 Å². The lowest BCUT2D eigenvalue weighted by Gasteiger charge is -2.20. The highest BCUT2D eigenvalue weighted by atomic mass is 16.5. The molecule has 0 aliphatic rings. The predicted octanol–water partition coefficient (Wildman–Crippen LogP) is 3.61. The van der Waals surface area contributed by atoms with E-state index in [2.05, 4.69) is 22.5 Å². The molecule has 2 aromatic carbocycles. The molecule has 0 fully saturated rings. The summed E-state index contributed by atoms with van der Waals surface area (Å²) in [4.78, 5) is 17.9. The van der Waals surface area contributed by atoms with E-state index in [0.29, 0.717) is 31.3 Å². The lowest BCUT2D eigenvalue weighted by atomic mass is 10.1. The van der Waals surface area contributed by atoms with Crippen molar-refractivity contribution >= 4 is 11.9 Å². The number of guanidine groups is 1. The van der Waals surface area contributed by atoms with Gasteiger partial charge in [-0.25, -0.2) is 0 Å². The molecule has 7 nitrogen and oxygen atoms in total.